The lowest BCUT2D eigenvalue weighted by Gasteiger charge is -2.32. The van der Waals surface area contributed by atoms with Crippen molar-refractivity contribution in [3.8, 4) is 0 Å². The van der Waals surface area contributed by atoms with Crippen molar-refractivity contribution >= 4 is 17.7 Å². The zero-order valence-electron chi connectivity index (χ0n) is 12.1. The lowest BCUT2D eigenvalue weighted by Crippen LogP contribution is -2.55. The van der Waals surface area contributed by atoms with Gasteiger partial charge in [0, 0.05) is 23.3 Å². The molecule has 2 N–H and O–H groups in total. The largest absolute Gasteiger partial charge is 0.480 e. The Balaban J connectivity index is 1.58. The maximum absolute atomic E-state index is 11.9. The van der Waals surface area contributed by atoms with Crippen LogP contribution in [0.5, 0.6) is 0 Å². The highest BCUT2D eigenvalue weighted by atomic mass is 32.2. The predicted octanol–water partition coefficient (Wildman–Crippen LogP) is 2.94. The van der Waals surface area contributed by atoms with Crippen molar-refractivity contribution < 1.29 is 9.90 Å². The molecule has 0 aromatic carbocycles. The Morgan fingerprint density at radius 2 is 2.14 bits per heavy atom. The Morgan fingerprint density at radius 3 is 2.81 bits per heavy atom. The zero-order valence-corrected chi connectivity index (χ0v) is 12.9. The van der Waals surface area contributed by atoms with E-state index in [-0.39, 0.29) is 5.92 Å². The molecule has 114 valence electrons. The van der Waals surface area contributed by atoms with Crippen LogP contribution in [0.25, 0.3) is 0 Å². The van der Waals surface area contributed by atoms with Crippen LogP contribution in [0.4, 0.5) is 0 Å². The molecule has 0 bridgehead atoms. The Morgan fingerprint density at radius 1 is 1.38 bits per heavy atom. The molecule has 2 unspecified atom stereocenters. The Kier molecular flexibility index (Phi) is 4.50. The van der Waals surface area contributed by atoms with Crippen molar-refractivity contribution in [2.45, 2.75) is 55.0 Å². The molecule has 1 aromatic heterocycles. The van der Waals surface area contributed by atoms with Gasteiger partial charge in [0.2, 0.25) is 0 Å². The molecular formula is C16H22N2O2S. The maximum atomic E-state index is 11.9. The summed E-state index contributed by atoms with van der Waals surface area (Å²) in [6, 6.07) is 4.45. The van der Waals surface area contributed by atoms with Crippen molar-refractivity contribution in [3.05, 3.63) is 24.5 Å². The van der Waals surface area contributed by atoms with Crippen LogP contribution in [-0.2, 0) is 4.79 Å². The number of aromatic nitrogens is 1. The summed E-state index contributed by atoms with van der Waals surface area (Å²) in [4.78, 5) is 17.1. The van der Waals surface area contributed by atoms with E-state index in [1.807, 2.05) is 12.1 Å². The minimum Gasteiger partial charge on any atom is -0.480 e. The van der Waals surface area contributed by atoms with Gasteiger partial charge in [-0.2, -0.15) is 0 Å². The second-order valence-electron chi connectivity index (χ2n) is 6.10. The second kappa shape index (κ2) is 6.36. The van der Waals surface area contributed by atoms with Crippen molar-refractivity contribution in [1.29, 1.82) is 0 Å². The van der Waals surface area contributed by atoms with Gasteiger partial charge in [-0.05, 0) is 55.9 Å². The number of nitrogens with zero attached hydrogens (tertiary/aromatic N) is 1. The van der Waals surface area contributed by atoms with Gasteiger partial charge in [-0.15, -0.1) is 11.8 Å². The molecule has 0 amide bonds. The van der Waals surface area contributed by atoms with E-state index in [0.29, 0.717) is 6.04 Å². The first kappa shape index (κ1) is 14.9. The van der Waals surface area contributed by atoms with E-state index in [4.69, 9.17) is 0 Å². The van der Waals surface area contributed by atoms with Gasteiger partial charge in [-0.25, -0.2) is 0 Å². The fourth-order valence-electron chi connectivity index (χ4n) is 3.35. The van der Waals surface area contributed by atoms with Gasteiger partial charge in [0.15, 0.2) is 0 Å². The molecule has 1 aromatic rings. The first-order chi connectivity index (χ1) is 10.2. The molecule has 0 radical (unpaired) electrons. The highest BCUT2D eigenvalue weighted by Crippen LogP contribution is 2.41. The van der Waals surface area contributed by atoms with Crippen molar-refractivity contribution in [2.24, 2.45) is 5.92 Å². The van der Waals surface area contributed by atoms with Crippen LogP contribution >= 0.6 is 11.8 Å². The molecule has 1 heterocycles. The van der Waals surface area contributed by atoms with E-state index in [2.05, 4.69) is 10.3 Å². The third-order valence-electron chi connectivity index (χ3n) is 4.63. The van der Waals surface area contributed by atoms with Gasteiger partial charge in [0.25, 0.3) is 0 Å². The highest BCUT2D eigenvalue weighted by Gasteiger charge is 2.50. The normalized spacial score (nSPS) is 28.7. The number of hydrogen-bond donors (Lipinski definition) is 2. The molecule has 0 saturated heterocycles. The van der Waals surface area contributed by atoms with E-state index >= 15 is 0 Å². The fourth-order valence-corrected chi connectivity index (χ4v) is 4.30. The fraction of sp³-hybridized carbons (Fsp3) is 0.625. The molecule has 5 heteroatoms. The number of carboxylic acid groups (broad SMARTS) is 1. The van der Waals surface area contributed by atoms with Crippen LogP contribution in [0.3, 0.4) is 0 Å². The van der Waals surface area contributed by atoms with Gasteiger partial charge in [-0.1, -0.05) is 6.42 Å². The minimum absolute atomic E-state index is 0.255. The molecule has 21 heavy (non-hydrogen) atoms. The van der Waals surface area contributed by atoms with Crippen molar-refractivity contribution in [3.63, 3.8) is 0 Å². The number of aliphatic carboxylic acids is 1. The summed E-state index contributed by atoms with van der Waals surface area (Å²) < 4.78 is 0. The third kappa shape index (κ3) is 3.40. The third-order valence-corrected chi connectivity index (χ3v) is 5.67. The molecule has 3 rings (SSSR count). The Labute approximate surface area is 129 Å². The van der Waals surface area contributed by atoms with Gasteiger partial charge < -0.3 is 5.11 Å². The summed E-state index contributed by atoms with van der Waals surface area (Å²) in [6.45, 7) is 0. The van der Waals surface area contributed by atoms with E-state index in [1.54, 1.807) is 24.2 Å². The standard InChI is InChI=1S/C16H22N2O2S/c19-15(20)16(18-13-3-4-13)8-1-2-12(16)7-11-21-14-5-9-17-10-6-14/h5-6,9-10,12-13,18H,1-4,7-8,11H2,(H,19,20). The quantitative estimate of drug-likeness (QED) is 0.758. The smallest absolute Gasteiger partial charge is 0.324 e. The molecular weight excluding hydrogens is 284 g/mol. The van der Waals surface area contributed by atoms with E-state index in [0.717, 1.165) is 44.3 Å². The van der Waals surface area contributed by atoms with Gasteiger partial charge >= 0.3 is 5.97 Å². The summed E-state index contributed by atoms with van der Waals surface area (Å²) in [5.41, 5.74) is -0.667. The van der Waals surface area contributed by atoms with Crippen LogP contribution in [-0.4, -0.2) is 33.4 Å². The average molecular weight is 306 g/mol. The summed E-state index contributed by atoms with van der Waals surface area (Å²) >= 11 is 1.79. The summed E-state index contributed by atoms with van der Waals surface area (Å²) in [5.74, 6) is 0.575. The number of carbonyl (C=O) groups is 1. The number of thioether (sulfide) groups is 1. The molecule has 2 aliphatic rings. The van der Waals surface area contributed by atoms with Crippen molar-refractivity contribution in [2.75, 3.05) is 5.75 Å². The van der Waals surface area contributed by atoms with E-state index < -0.39 is 11.5 Å². The Hall–Kier alpha value is -1.07. The zero-order chi connectivity index (χ0) is 14.7. The first-order valence-electron chi connectivity index (χ1n) is 7.74. The molecule has 2 saturated carbocycles. The number of pyridine rings is 1. The summed E-state index contributed by atoms with van der Waals surface area (Å²) in [6.07, 6.45) is 9.66. The molecule has 0 spiro atoms. The molecule has 0 aliphatic heterocycles. The number of nitrogens with one attached hydrogen (secondary N) is 1. The molecule has 2 fully saturated rings. The summed E-state index contributed by atoms with van der Waals surface area (Å²) in [5, 5.41) is 13.2. The van der Waals surface area contributed by atoms with Gasteiger partial charge in [0.05, 0.1) is 0 Å². The van der Waals surface area contributed by atoms with Crippen LogP contribution in [0, 0.1) is 5.92 Å². The minimum atomic E-state index is -0.667. The predicted molar refractivity (Wildman–Crippen MR) is 83.4 cm³/mol. The second-order valence-corrected chi connectivity index (χ2v) is 7.27. The highest BCUT2D eigenvalue weighted by molar-refractivity contribution is 7.99. The monoisotopic (exact) mass is 306 g/mol. The topological polar surface area (TPSA) is 62.2 Å². The Bertz CT molecular complexity index is 492. The molecule has 4 nitrogen and oxygen atoms in total. The molecule has 2 atom stereocenters. The van der Waals surface area contributed by atoms with Gasteiger partial charge in [-0.3, -0.25) is 15.1 Å². The van der Waals surface area contributed by atoms with E-state index in [9.17, 15) is 9.90 Å². The number of carboxylic acids is 1. The summed E-state index contributed by atoms with van der Waals surface area (Å²) in [7, 11) is 0. The van der Waals surface area contributed by atoms with Gasteiger partial charge in [0.1, 0.15) is 5.54 Å². The van der Waals surface area contributed by atoms with E-state index in [1.165, 1.54) is 4.90 Å². The first-order valence-corrected chi connectivity index (χ1v) is 8.73. The maximum Gasteiger partial charge on any atom is 0.324 e. The van der Waals surface area contributed by atoms with Crippen LogP contribution in [0.1, 0.15) is 38.5 Å². The van der Waals surface area contributed by atoms with Crippen molar-refractivity contribution in [1.82, 2.24) is 10.3 Å². The SMILES string of the molecule is O=C(O)C1(NC2CC2)CCCC1CCSc1ccncc1. The van der Waals surface area contributed by atoms with Crippen LogP contribution < -0.4 is 5.32 Å². The lowest BCUT2D eigenvalue weighted by atomic mass is 9.85. The van der Waals surface area contributed by atoms with Crippen LogP contribution in [0.2, 0.25) is 0 Å². The number of rotatable bonds is 7. The average Bonchev–Trinajstić information content (AvgIpc) is 3.20. The van der Waals surface area contributed by atoms with Crippen LogP contribution in [0.15, 0.2) is 29.4 Å². The lowest BCUT2D eigenvalue weighted by molar-refractivity contribution is -0.146. The molecule has 2 aliphatic carbocycles. The number of hydrogen-bond acceptors (Lipinski definition) is 4.